The van der Waals surface area contributed by atoms with Gasteiger partial charge in [-0.05, 0) is 17.7 Å². The van der Waals surface area contributed by atoms with E-state index >= 15 is 0 Å². The molecule has 3 N–H and O–H groups in total. The van der Waals surface area contributed by atoms with Crippen molar-refractivity contribution in [3.63, 3.8) is 0 Å². The summed E-state index contributed by atoms with van der Waals surface area (Å²) >= 11 is 0. The molecule has 0 aromatic heterocycles. The molecule has 0 amide bonds. The van der Waals surface area contributed by atoms with Gasteiger partial charge in [-0.3, -0.25) is 4.90 Å². The smallest absolute Gasteiger partial charge is 0.119 e. The standard InChI is InChI=1S/C14H22N2O3/c17-10-12-1-3-14(4-2-12)19-11-13(18)9-16-7-5-15-6-8-16/h1-4,13,15,17-18H,5-11H2. The molecule has 19 heavy (non-hydrogen) atoms. The maximum absolute atomic E-state index is 9.94. The zero-order valence-corrected chi connectivity index (χ0v) is 11.1. The topological polar surface area (TPSA) is 65.0 Å². The van der Waals surface area contributed by atoms with Crippen LogP contribution in [-0.2, 0) is 6.61 Å². The molecule has 1 unspecified atom stereocenters. The lowest BCUT2D eigenvalue weighted by Crippen LogP contribution is -2.47. The Morgan fingerprint density at radius 1 is 1.21 bits per heavy atom. The molecule has 1 fully saturated rings. The molecule has 5 heteroatoms. The van der Waals surface area contributed by atoms with E-state index in [-0.39, 0.29) is 6.61 Å². The summed E-state index contributed by atoms with van der Waals surface area (Å²) in [7, 11) is 0. The number of aliphatic hydroxyl groups excluding tert-OH is 2. The molecule has 5 nitrogen and oxygen atoms in total. The fourth-order valence-corrected chi connectivity index (χ4v) is 2.13. The van der Waals surface area contributed by atoms with E-state index in [2.05, 4.69) is 10.2 Å². The second-order valence-corrected chi connectivity index (χ2v) is 4.82. The van der Waals surface area contributed by atoms with Gasteiger partial charge >= 0.3 is 0 Å². The van der Waals surface area contributed by atoms with E-state index in [0.29, 0.717) is 13.2 Å². The van der Waals surface area contributed by atoms with E-state index < -0.39 is 6.10 Å². The average Bonchev–Trinajstić information content (AvgIpc) is 2.47. The van der Waals surface area contributed by atoms with Crippen LogP contribution in [0.1, 0.15) is 5.56 Å². The summed E-state index contributed by atoms with van der Waals surface area (Å²) in [6.45, 7) is 4.89. The number of hydrogen-bond donors (Lipinski definition) is 3. The first-order chi connectivity index (χ1) is 9.28. The van der Waals surface area contributed by atoms with Crippen LogP contribution in [0, 0.1) is 0 Å². The molecule has 106 valence electrons. The van der Waals surface area contributed by atoms with Gasteiger partial charge in [0, 0.05) is 32.7 Å². The number of aliphatic hydroxyl groups is 2. The van der Waals surface area contributed by atoms with Crippen molar-refractivity contribution >= 4 is 0 Å². The second kappa shape index (κ2) is 7.45. The molecule has 1 atom stereocenters. The van der Waals surface area contributed by atoms with Crippen LogP contribution in [0.5, 0.6) is 5.75 Å². The van der Waals surface area contributed by atoms with E-state index in [1.165, 1.54) is 0 Å². The maximum Gasteiger partial charge on any atom is 0.119 e. The highest BCUT2D eigenvalue weighted by molar-refractivity contribution is 5.26. The van der Waals surface area contributed by atoms with Crippen molar-refractivity contribution in [3.05, 3.63) is 29.8 Å². The van der Waals surface area contributed by atoms with E-state index in [0.717, 1.165) is 37.5 Å². The Bertz CT molecular complexity index is 363. The van der Waals surface area contributed by atoms with Gasteiger partial charge in [-0.25, -0.2) is 0 Å². The molecule has 0 radical (unpaired) electrons. The van der Waals surface area contributed by atoms with Crippen molar-refractivity contribution in [1.82, 2.24) is 10.2 Å². The van der Waals surface area contributed by atoms with E-state index in [1.807, 2.05) is 24.3 Å². The first-order valence-corrected chi connectivity index (χ1v) is 6.71. The minimum absolute atomic E-state index is 0.0336. The summed E-state index contributed by atoms with van der Waals surface area (Å²) in [5.41, 5.74) is 0.855. The van der Waals surface area contributed by atoms with Gasteiger partial charge in [-0.15, -0.1) is 0 Å². The van der Waals surface area contributed by atoms with Crippen molar-refractivity contribution in [2.45, 2.75) is 12.7 Å². The molecular weight excluding hydrogens is 244 g/mol. The van der Waals surface area contributed by atoms with E-state index in [1.54, 1.807) is 0 Å². The van der Waals surface area contributed by atoms with Crippen LogP contribution >= 0.6 is 0 Å². The molecule has 1 saturated heterocycles. The average molecular weight is 266 g/mol. The van der Waals surface area contributed by atoms with E-state index in [9.17, 15) is 5.11 Å². The summed E-state index contributed by atoms with van der Waals surface area (Å²) in [5, 5.41) is 22.2. The highest BCUT2D eigenvalue weighted by Gasteiger charge is 2.14. The normalized spacial score (nSPS) is 18.2. The van der Waals surface area contributed by atoms with Gasteiger partial charge in [-0.1, -0.05) is 12.1 Å². The van der Waals surface area contributed by atoms with Gasteiger partial charge in [-0.2, -0.15) is 0 Å². The van der Waals surface area contributed by atoms with Crippen LogP contribution in [0.3, 0.4) is 0 Å². The number of nitrogens with zero attached hydrogens (tertiary/aromatic N) is 1. The molecule has 0 bridgehead atoms. The molecule has 1 aromatic rings. The third-order valence-electron chi connectivity index (χ3n) is 3.23. The Balaban J connectivity index is 1.71. The van der Waals surface area contributed by atoms with Crippen molar-refractivity contribution in [3.8, 4) is 5.75 Å². The molecule has 0 saturated carbocycles. The van der Waals surface area contributed by atoms with Gasteiger partial charge in [0.05, 0.1) is 6.61 Å². The highest BCUT2D eigenvalue weighted by Crippen LogP contribution is 2.12. The highest BCUT2D eigenvalue weighted by atomic mass is 16.5. The summed E-state index contributed by atoms with van der Waals surface area (Å²) in [4.78, 5) is 2.24. The van der Waals surface area contributed by atoms with Gasteiger partial charge in [0.25, 0.3) is 0 Å². The van der Waals surface area contributed by atoms with Crippen molar-refractivity contribution in [2.24, 2.45) is 0 Å². The molecule has 0 spiro atoms. The lowest BCUT2D eigenvalue weighted by Gasteiger charge is -2.29. The minimum atomic E-state index is -0.476. The predicted octanol–water partition coefficient (Wildman–Crippen LogP) is -0.176. The van der Waals surface area contributed by atoms with E-state index in [4.69, 9.17) is 9.84 Å². The molecule has 1 aliphatic heterocycles. The zero-order valence-electron chi connectivity index (χ0n) is 11.1. The number of rotatable bonds is 6. The zero-order chi connectivity index (χ0) is 13.5. The van der Waals surface area contributed by atoms with Crippen LogP contribution < -0.4 is 10.1 Å². The quantitative estimate of drug-likeness (QED) is 0.667. The number of benzene rings is 1. The largest absolute Gasteiger partial charge is 0.491 e. The maximum atomic E-state index is 9.94. The summed E-state index contributed by atoms with van der Waals surface area (Å²) in [6, 6.07) is 7.25. The number of ether oxygens (including phenoxy) is 1. The Morgan fingerprint density at radius 2 is 1.89 bits per heavy atom. The Kier molecular flexibility index (Phi) is 5.60. The molecule has 0 aliphatic carbocycles. The van der Waals surface area contributed by atoms with Gasteiger partial charge in [0.1, 0.15) is 18.5 Å². The first kappa shape index (κ1) is 14.3. The summed E-state index contributed by atoms with van der Waals surface area (Å²) in [5.74, 6) is 0.719. The van der Waals surface area contributed by atoms with Crippen LogP contribution in [0.15, 0.2) is 24.3 Å². The molecule has 2 rings (SSSR count). The number of nitrogens with one attached hydrogen (secondary N) is 1. The number of hydrogen-bond acceptors (Lipinski definition) is 5. The molecule has 1 heterocycles. The minimum Gasteiger partial charge on any atom is -0.491 e. The fourth-order valence-electron chi connectivity index (χ4n) is 2.13. The molecule has 1 aliphatic rings. The number of piperazine rings is 1. The SMILES string of the molecule is OCc1ccc(OCC(O)CN2CCNCC2)cc1. The Morgan fingerprint density at radius 3 is 2.53 bits per heavy atom. The molecule has 1 aromatic carbocycles. The van der Waals surface area contributed by atoms with Gasteiger partial charge < -0.3 is 20.3 Å². The third-order valence-corrected chi connectivity index (χ3v) is 3.23. The van der Waals surface area contributed by atoms with Crippen LogP contribution in [0.4, 0.5) is 0 Å². The fraction of sp³-hybridized carbons (Fsp3) is 0.571. The van der Waals surface area contributed by atoms with Crippen LogP contribution in [-0.4, -0.2) is 60.5 Å². The van der Waals surface area contributed by atoms with Crippen molar-refractivity contribution < 1.29 is 14.9 Å². The second-order valence-electron chi connectivity index (χ2n) is 4.82. The Hall–Kier alpha value is -1.14. The third kappa shape index (κ3) is 4.80. The number of β-amino-alcohol motifs (C(OH)–C–C–N with tert-alkyl or cyclic N) is 1. The summed E-state index contributed by atoms with van der Waals surface area (Å²) in [6.07, 6.45) is -0.476. The van der Waals surface area contributed by atoms with Crippen molar-refractivity contribution in [2.75, 3.05) is 39.3 Å². The van der Waals surface area contributed by atoms with Crippen LogP contribution in [0.2, 0.25) is 0 Å². The van der Waals surface area contributed by atoms with Crippen LogP contribution in [0.25, 0.3) is 0 Å². The van der Waals surface area contributed by atoms with Gasteiger partial charge in [0.2, 0.25) is 0 Å². The Labute approximate surface area is 113 Å². The molecular formula is C14H22N2O3. The lowest BCUT2D eigenvalue weighted by atomic mass is 10.2. The monoisotopic (exact) mass is 266 g/mol. The predicted molar refractivity (Wildman–Crippen MR) is 73.2 cm³/mol. The van der Waals surface area contributed by atoms with Gasteiger partial charge in [0.15, 0.2) is 0 Å². The first-order valence-electron chi connectivity index (χ1n) is 6.71. The van der Waals surface area contributed by atoms with Crippen molar-refractivity contribution in [1.29, 1.82) is 0 Å². The lowest BCUT2D eigenvalue weighted by molar-refractivity contribution is 0.0641. The summed E-state index contributed by atoms with van der Waals surface area (Å²) < 4.78 is 5.53.